The maximum absolute atomic E-state index is 14.1. The number of hydrogen-bond acceptors (Lipinski definition) is 5. The summed E-state index contributed by atoms with van der Waals surface area (Å²) < 4.78 is 34.3. The molecule has 0 saturated heterocycles. The number of nitrogens with one attached hydrogen (secondary N) is 1. The van der Waals surface area contributed by atoms with Crippen LogP contribution in [0, 0.1) is 13.8 Å². The van der Waals surface area contributed by atoms with Gasteiger partial charge < -0.3 is 15.0 Å². The van der Waals surface area contributed by atoms with Crippen LogP contribution >= 0.6 is 11.6 Å². The first-order valence-electron chi connectivity index (χ1n) is 13.5. The van der Waals surface area contributed by atoms with Gasteiger partial charge in [-0.1, -0.05) is 54.4 Å². The van der Waals surface area contributed by atoms with Gasteiger partial charge in [0.2, 0.25) is 11.8 Å². The smallest absolute Gasteiger partial charge is 0.264 e. The van der Waals surface area contributed by atoms with Crippen molar-refractivity contribution >= 4 is 39.1 Å². The van der Waals surface area contributed by atoms with E-state index in [1.165, 1.54) is 23.1 Å². The maximum atomic E-state index is 14.1. The van der Waals surface area contributed by atoms with Crippen LogP contribution in [0.2, 0.25) is 5.02 Å². The summed E-state index contributed by atoms with van der Waals surface area (Å²) in [5.41, 5.74) is 2.65. The van der Waals surface area contributed by atoms with Crippen molar-refractivity contribution in [1.29, 1.82) is 0 Å². The highest BCUT2D eigenvalue weighted by Crippen LogP contribution is 2.29. The summed E-state index contributed by atoms with van der Waals surface area (Å²) in [4.78, 5) is 28.9. The van der Waals surface area contributed by atoms with Gasteiger partial charge in [0.1, 0.15) is 18.3 Å². The average molecular weight is 600 g/mol. The highest BCUT2D eigenvalue weighted by molar-refractivity contribution is 7.92. The molecule has 1 N–H and O–H groups in total. The Morgan fingerprint density at radius 2 is 1.68 bits per heavy atom. The summed E-state index contributed by atoms with van der Waals surface area (Å²) in [5, 5.41) is 3.26. The molecule has 3 rings (SSSR count). The molecule has 41 heavy (non-hydrogen) atoms. The molecule has 0 aliphatic carbocycles. The first-order chi connectivity index (χ1) is 19.4. The lowest BCUT2D eigenvalue weighted by Crippen LogP contribution is -2.53. The van der Waals surface area contributed by atoms with Crippen molar-refractivity contribution in [2.45, 2.75) is 64.6 Å². The number of hydrogen-bond donors (Lipinski definition) is 1. The maximum Gasteiger partial charge on any atom is 0.264 e. The van der Waals surface area contributed by atoms with Gasteiger partial charge in [0.15, 0.2) is 0 Å². The Hall–Kier alpha value is -3.56. The van der Waals surface area contributed by atoms with Crippen molar-refractivity contribution in [1.82, 2.24) is 10.2 Å². The standard InChI is InChI=1S/C31H38ClN3O5S/c1-7-29(31(37)33-21(2)3)34(19-24-9-8-10-26(17-24)40-6)30(36)20-35(25-14-13-23(5)28(32)18-25)41(38,39)27-15-11-22(4)12-16-27/h8-18,21,29H,7,19-20H2,1-6H3,(H,33,37)/t29-/m1/s1. The number of carbonyl (C=O) groups excluding carboxylic acids is 2. The second-order valence-electron chi connectivity index (χ2n) is 10.2. The zero-order chi connectivity index (χ0) is 30.3. The van der Waals surface area contributed by atoms with E-state index in [1.807, 2.05) is 40.7 Å². The summed E-state index contributed by atoms with van der Waals surface area (Å²) in [6, 6.07) is 17.5. The molecule has 0 spiro atoms. The SMILES string of the molecule is CC[C@H](C(=O)NC(C)C)N(Cc1cccc(OC)c1)C(=O)CN(c1ccc(C)c(Cl)c1)S(=O)(=O)c1ccc(C)cc1. The first-order valence-corrected chi connectivity index (χ1v) is 15.3. The molecule has 0 fully saturated rings. The largest absolute Gasteiger partial charge is 0.497 e. The minimum atomic E-state index is -4.18. The van der Waals surface area contributed by atoms with E-state index in [1.54, 1.807) is 49.6 Å². The van der Waals surface area contributed by atoms with Crippen LogP contribution < -0.4 is 14.4 Å². The number of amides is 2. The van der Waals surface area contributed by atoms with Gasteiger partial charge in [-0.25, -0.2) is 8.42 Å². The number of halogens is 1. The summed E-state index contributed by atoms with van der Waals surface area (Å²) in [7, 11) is -2.63. The Bertz CT molecular complexity index is 1480. The number of carbonyl (C=O) groups is 2. The van der Waals surface area contributed by atoms with Crippen molar-refractivity contribution < 1.29 is 22.7 Å². The third-order valence-corrected chi connectivity index (χ3v) is 8.83. The molecule has 0 heterocycles. The zero-order valence-electron chi connectivity index (χ0n) is 24.3. The van der Waals surface area contributed by atoms with E-state index in [0.29, 0.717) is 17.2 Å². The Morgan fingerprint density at radius 3 is 2.27 bits per heavy atom. The normalized spacial score (nSPS) is 12.1. The number of nitrogens with zero attached hydrogens (tertiary/aromatic N) is 2. The number of anilines is 1. The number of benzene rings is 3. The van der Waals surface area contributed by atoms with Gasteiger partial charge in [-0.15, -0.1) is 0 Å². The van der Waals surface area contributed by atoms with Gasteiger partial charge in [-0.3, -0.25) is 13.9 Å². The highest BCUT2D eigenvalue weighted by Gasteiger charge is 2.34. The quantitative estimate of drug-likeness (QED) is 0.297. The van der Waals surface area contributed by atoms with Crippen molar-refractivity contribution in [3.63, 3.8) is 0 Å². The molecule has 0 bridgehead atoms. The van der Waals surface area contributed by atoms with Crippen molar-refractivity contribution in [2.75, 3.05) is 18.0 Å². The first kappa shape index (κ1) is 32.0. The van der Waals surface area contributed by atoms with Crippen LogP contribution in [0.15, 0.2) is 71.6 Å². The lowest BCUT2D eigenvalue weighted by Gasteiger charge is -2.33. The van der Waals surface area contributed by atoms with E-state index in [4.69, 9.17) is 16.3 Å². The summed E-state index contributed by atoms with van der Waals surface area (Å²) in [6.07, 6.45) is 0.329. The molecule has 3 aromatic carbocycles. The lowest BCUT2D eigenvalue weighted by molar-refractivity contribution is -0.140. The van der Waals surface area contributed by atoms with Crippen molar-refractivity contribution in [2.24, 2.45) is 0 Å². The Labute approximate surface area is 248 Å². The fourth-order valence-corrected chi connectivity index (χ4v) is 5.95. The summed E-state index contributed by atoms with van der Waals surface area (Å²) in [6.45, 7) is 8.72. The number of sulfonamides is 1. The molecular weight excluding hydrogens is 562 g/mol. The number of methoxy groups -OCH3 is 1. The number of aryl methyl sites for hydroxylation is 2. The fraction of sp³-hybridized carbons (Fsp3) is 0.355. The van der Waals surface area contributed by atoms with Gasteiger partial charge in [-0.05, 0) is 81.6 Å². The van der Waals surface area contributed by atoms with Crippen LogP contribution in [-0.2, 0) is 26.2 Å². The molecular formula is C31H38ClN3O5S. The third kappa shape index (κ3) is 8.01. The number of rotatable bonds is 12. The topological polar surface area (TPSA) is 96.0 Å². The van der Waals surface area contributed by atoms with E-state index < -0.39 is 28.5 Å². The van der Waals surface area contributed by atoms with Gasteiger partial charge in [0.25, 0.3) is 10.0 Å². The molecule has 0 aliphatic rings. The molecule has 10 heteroatoms. The van der Waals surface area contributed by atoms with Crippen LogP contribution in [0.4, 0.5) is 5.69 Å². The highest BCUT2D eigenvalue weighted by atomic mass is 35.5. The monoisotopic (exact) mass is 599 g/mol. The van der Waals surface area contributed by atoms with Crippen LogP contribution in [-0.4, -0.2) is 50.9 Å². The third-order valence-electron chi connectivity index (χ3n) is 6.64. The Balaban J connectivity index is 2.10. The molecule has 0 radical (unpaired) electrons. The van der Waals surface area contributed by atoms with Gasteiger partial charge in [0, 0.05) is 17.6 Å². The minimum Gasteiger partial charge on any atom is -0.497 e. The molecule has 0 aliphatic heterocycles. The average Bonchev–Trinajstić information content (AvgIpc) is 2.93. The molecule has 0 unspecified atom stereocenters. The Morgan fingerprint density at radius 1 is 1.00 bits per heavy atom. The van der Waals surface area contributed by atoms with Crippen LogP contribution in [0.5, 0.6) is 5.75 Å². The summed E-state index contributed by atoms with van der Waals surface area (Å²) in [5.74, 6) is -0.247. The van der Waals surface area contributed by atoms with E-state index in [9.17, 15) is 18.0 Å². The fourth-order valence-electron chi connectivity index (χ4n) is 4.37. The summed E-state index contributed by atoms with van der Waals surface area (Å²) >= 11 is 6.39. The Kier molecular flexibility index (Phi) is 10.8. The van der Waals surface area contributed by atoms with Crippen LogP contribution in [0.25, 0.3) is 0 Å². The molecule has 2 amide bonds. The van der Waals surface area contributed by atoms with E-state index >= 15 is 0 Å². The van der Waals surface area contributed by atoms with E-state index in [2.05, 4.69) is 5.32 Å². The molecule has 0 aromatic heterocycles. The minimum absolute atomic E-state index is 0.0385. The second kappa shape index (κ2) is 13.9. The molecule has 3 aromatic rings. The van der Waals surface area contributed by atoms with Crippen molar-refractivity contribution in [3.05, 3.63) is 88.4 Å². The van der Waals surface area contributed by atoms with Crippen LogP contribution in [0.3, 0.4) is 0 Å². The van der Waals surface area contributed by atoms with Crippen molar-refractivity contribution in [3.8, 4) is 5.75 Å². The zero-order valence-corrected chi connectivity index (χ0v) is 25.9. The molecule has 0 saturated carbocycles. The molecule has 220 valence electrons. The lowest BCUT2D eigenvalue weighted by atomic mass is 10.1. The van der Waals surface area contributed by atoms with Gasteiger partial charge in [0.05, 0.1) is 17.7 Å². The van der Waals surface area contributed by atoms with Gasteiger partial charge >= 0.3 is 0 Å². The van der Waals surface area contributed by atoms with E-state index in [-0.39, 0.29) is 29.1 Å². The van der Waals surface area contributed by atoms with E-state index in [0.717, 1.165) is 21.0 Å². The second-order valence-corrected chi connectivity index (χ2v) is 12.5. The number of ether oxygens (including phenoxy) is 1. The molecule has 1 atom stereocenters. The van der Waals surface area contributed by atoms with Crippen LogP contribution in [0.1, 0.15) is 43.9 Å². The predicted molar refractivity (Wildman–Crippen MR) is 163 cm³/mol. The molecule has 8 nitrogen and oxygen atoms in total. The van der Waals surface area contributed by atoms with Gasteiger partial charge in [-0.2, -0.15) is 0 Å². The predicted octanol–water partition coefficient (Wildman–Crippen LogP) is 5.49.